The summed E-state index contributed by atoms with van der Waals surface area (Å²) in [5, 5.41) is 2.86. The average Bonchev–Trinajstić information content (AvgIpc) is 2.63. The van der Waals surface area contributed by atoms with Crippen LogP contribution in [0, 0.1) is 17.6 Å². The molecule has 1 aromatic rings. The van der Waals surface area contributed by atoms with Crippen LogP contribution in [0.15, 0.2) is 23.1 Å². The van der Waals surface area contributed by atoms with Gasteiger partial charge in [-0.25, -0.2) is 17.2 Å². The van der Waals surface area contributed by atoms with E-state index in [1.807, 2.05) is 0 Å². The highest BCUT2D eigenvalue weighted by atomic mass is 32.2. The van der Waals surface area contributed by atoms with Crippen molar-refractivity contribution in [1.82, 2.24) is 9.62 Å². The van der Waals surface area contributed by atoms with Crippen molar-refractivity contribution >= 4 is 15.9 Å². The van der Waals surface area contributed by atoms with E-state index in [-0.39, 0.29) is 29.8 Å². The molecule has 1 aliphatic rings. The second-order valence-electron chi connectivity index (χ2n) is 6.25. The molecule has 1 heterocycles. The van der Waals surface area contributed by atoms with Gasteiger partial charge in [0, 0.05) is 39.3 Å². The molecule has 0 saturated carbocycles. The molecule has 9 heteroatoms. The summed E-state index contributed by atoms with van der Waals surface area (Å²) in [5.74, 6) is -2.61. The van der Waals surface area contributed by atoms with Gasteiger partial charge in [0.1, 0.15) is 0 Å². The predicted molar refractivity (Wildman–Crippen MR) is 92.0 cm³/mol. The third-order valence-corrected chi connectivity index (χ3v) is 6.32. The van der Waals surface area contributed by atoms with E-state index in [9.17, 15) is 22.0 Å². The van der Waals surface area contributed by atoms with Crippen LogP contribution in [0.4, 0.5) is 8.78 Å². The predicted octanol–water partition coefficient (Wildman–Crippen LogP) is 1.91. The number of nitrogens with one attached hydrogen (secondary N) is 1. The molecule has 26 heavy (non-hydrogen) atoms. The van der Waals surface area contributed by atoms with E-state index in [0.717, 1.165) is 25.0 Å². The van der Waals surface area contributed by atoms with Crippen LogP contribution in [0.5, 0.6) is 0 Å². The number of hydrogen-bond donors (Lipinski definition) is 1. The van der Waals surface area contributed by atoms with Crippen LogP contribution in [0.25, 0.3) is 0 Å². The smallest absolute Gasteiger partial charge is 0.243 e. The highest BCUT2D eigenvalue weighted by Gasteiger charge is 2.32. The molecule has 2 rings (SSSR count). The summed E-state index contributed by atoms with van der Waals surface area (Å²) in [6, 6.07) is 2.53. The Labute approximate surface area is 152 Å². The van der Waals surface area contributed by atoms with Crippen LogP contribution in [-0.4, -0.2) is 52.0 Å². The van der Waals surface area contributed by atoms with Crippen molar-refractivity contribution in [2.24, 2.45) is 5.92 Å². The fourth-order valence-electron chi connectivity index (χ4n) is 2.87. The Morgan fingerprint density at radius 1 is 1.23 bits per heavy atom. The zero-order valence-corrected chi connectivity index (χ0v) is 15.5. The summed E-state index contributed by atoms with van der Waals surface area (Å²) < 4.78 is 57.5. The molecule has 0 aromatic heterocycles. The number of sulfonamides is 1. The summed E-state index contributed by atoms with van der Waals surface area (Å²) in [5.41, 5.74) is 0. The highest BCUT2D eigenvalue weighted by molar-refractivity contribution is 7.89. The summed E-state index contributed by atoms with van der Waals surface area (Å²) in [6.45, 7) is 1.55. The van der Waals surface area contributed by atoms with Gasteiger partial charge < -0.3 is 10.1 Å². The second-order valence-corrected chi connectivity index (χ2v) is 8.18. The molecule has 1 aromatic carbocycles. The van der Waals surface area contributed by atoms with Crippen molar-refractivity contribution in [2.45, 2.75) is 30.6 Å². The Hall–Kier alpha value is -1.58. The van der Waals surface area contributed by atoms with Gasteiger partial charge in [0.15, 0.2) is 11.6 Å². The molecular weight excluding hydrogens is 366 g/mol. The number of carbonyl (C=O) groups is 1. The average molecular weight is 390 g/mol. The summed E-state index contributed by atoms with van der Waals surface area (Å²) >= 11 is 0. The van der Waals surface area contributed by atoms with Gasteiger partial charge in [0.2, 0.25) is 15.9 Å². The number of rotatable bonds is 8. The van der Waals surface area contributed by atoms with Crippen molar-refractivity contribution < 1.29 is 26.7 Å². The number of carbonyl (C=O) groups excluding carboxylic acids is 1. The van der Waals surface area contributed by atoms with Crippen molar-refractivity contribution in [2.75, 3.05) is 33.4 Å². The maximum Gasteiger partial charge on any atom is 0.243 e. The number of benzene rings is 1. The minimum absolute atomic E-state index is 0.0766. The summed E-state index contributed by atoms with van der Waals surface area (Å²) in [7, 11) is -2.27. The molecular formula is C17H24F2N2O4S. The van der Waals surface area contributed by atoms with Crippen LogP contribution >= 0.6 is 0 Å². The van der Waals surface area contributed by atoms with Crippen LogP contribution < -0.4 is 5.32 Å². The minimum Gasteiger partial charge on any atom is -0.385 e. The topological polar surface area (TPSA) is 75.7 Å². The molecule has 0 aliphatic carbocycles. The maximum atomic E-state index is 13.3. The van der Waals surface area contributed by atoms with Gasteiger partial charge in [0.05, 0.1) is 4.90 Å². The van der Waals surface area contributed by atoms with E-state index in [0.29, 0.717) is 32.1 Å². The Bertz CT molecular complexity index is 719. The van der Waals surface area contributed by atoms with Crippen molar-refractivity contribution in [1.29, 1.82) is 0 Å². The number of piperidine rings is 1. The molecule has 6 nitrogen and oxygen atoms in total. The highest BCUT2D eigenvalue weighted by Crippen LogP contribution is 2.25. The van der Waals surface area contributed by atoms with Crippen LogP contribution in [-0.2, 0) is 19.6 Å². The maximum absolute atomic E-state index is 13.3. The molecule has 1 fully saturated rings. The van der Waals surface area contributed by atoms with E-state index < -0.39 is 21.7 Å². The lowest BCUT2D eigenvalue weighted by molar-refractivity contribution is -0.126. The molecule has 0 radical (unpaired) electrons. The number of nitrogens with zero attached hydrogens (tertiary/aromatic N) is 1. The van der Waals surface area contributed by atoms with Gasteiger partial charge in [-0.2, -0.15) is 4.31 Å². The van der Waals surface area contributed by atoms with Crippen LogP contribution in [0.3, 0.4) is 0 Å². The second kappa shape index (κ2) is 9.38. The Kier molecular flexibility index (Phi) is 7.48. The number of ether oxygens (including phenoxy) is 1. The van der Waals surface area contributed by atoms with E-state index in [1.54, 1.807) is 7.11 Å². The van der Waals surface area contributed by atoms with Gasteiger partial charge in [-0.3, -0.25) is 4.79 Å². The Morgan fingerprint density at radius 2 is 1.92 bits per heavy atom. The Morgan fingerprint density at radius 3 is 2.54 bits per heavy atom. The fourth-order valence-corrected chi connectivity index (χ4v) is 4.35. The lowest BCUT2D eigenvalue weighted by Gasteiger charge is -2.30. The molecule has 1 aliphatic heterocycles. The fraction of sp³-hybridized carbons (Fsp3) is 0.588. The molecule has 1 saturated heterocycles. The first-order valence-corrected chi connectivity index (χ1v) is 10.0. The standard InChI is InChI=1S/C17H24F2N2O4S/c1-25-11-3-2-8-20-17(22)13-6-9-21(10-7-13)26(23,24)14-4-5-15(18)16(19)12-14/h4-5,12-13H,2-3,6-11H2,1H3,(H,20,22). The first-order valence-electron chi connectivity index (χ1n) is 8.58. The van der Waals surface area contributed by atoms with E-state index >= 15 is 0 Å². The van der Waals surface area contributed by atoms with Gasteiger partial charge in [-0.15, -0.1) is 0 Å². The molecule has 1 N–H and O–H groups in total. The van der Waals surface area contributed by atoms with E-state index in [1.165, 1.54) is 4.31 Å². The lowest BCUT2D eigenvalue weighted by Crippen LogP contribution is -2.43. The molecule has 0 unspecified atom stereocenters. The Balaban J connectivity index is 1.87. The molecule has 0 atom stereocenters. The van der Waals surface area contributed by atoms with Crippen LogP contribution in [0.2, 0.25) is 0 Å². The van der Waals surface area contributed by atoms with Gasteiger partial charge in [-0.05, 0) is 43.9 Å². The van der Waals surface area contributed by atoms with E-state index in [2.05, 4.69) is 5.32 Å². The SMILES string of the molecule is COCCCCNC(=O)C1CCN(S(=O)(=O)c2ccc(F)c(F)c2)CC1. The third-order valence-electron chi connectivity index (χ3n) is 4.43. The van der Waals surface area contributed by atoms with E-state index in [4.69, 9.17) is 4.74 Å². The van der Waals surface area contributed by atoms with Gasteiger partial charge >= 0.3 is 0 Å². The minimum atomic E-state index is -3.90. The molecule has 0 spiro atoms. The normalized spacial score (nSPS) is 16.6. The number of amides is 1. The van der Waals surface area contributed by atoms with Crippen molar-refractivity contribution in [3.8, 4) is 0 Å². The first-order chi connectivity index (χ1) is 12.4. The number of halogens is 2. The number of unbranched alkanes of at least 4 members (excludes halogenated alkanes) is 1. The number of hydrogen-bond acceptors (Lipinski definition) is 4. The zero-order chi connectivity index (χ0) is 19.2. The van der Waals surface area contributed by atoms with Crippen molar-refractivity contribution in [3.63, 3.8) is 0 Å². The first kappa shape index (κ1) is 20.7. The molecule has 1 amide bonds. The third kappa shape index (κ3) is 5.21. The summed E-state index contributed by atoms with van der Waals surface area (Å²) in [6.07, 6.45) is 2.48. The summed E-state index contributed by atoms with van der Waals surface area (Å²) in [4.78, 5) is 11.9. The molecule has 146 valence electrons. The monoisotopic (exact) mass is 390 g/mol. The van der Waals surface area contributed by atoms with Gasteiger partial charge in [-0.1, -0.05) is 0 Å². The largest absolute Gasteiger partial charge is 0.385 e. The van der Waals surface area contributed by atoms with Gasteiger partial charge in [0.25, 0.3) is 0 Å². The van der Waals surface area contributed by atoms with Crippen LogP contribution in [0.1, 0.15) is 25.7 Å². The quantitative estimate of drug-likeness (QED) is 0.688. The zero-order valence-electron chi connectivity index (χ0n) is 14.7. The molecule has 0 bridgehead atoms. The number of methoxy groups -OCH3 is 1. The lowest BCUT2D eigenvalue weighted by atomic mass is 9.97. The van der Waals surface area contributed by atoms with Crippen molar-refractivity contribution in [3.05, 3.63) is 29.8 Å².